The van der Waals surface area contributed by atoms with Crippen molar-refractivity contribution in [2.45, 2.75) is 18.9 Å². The van der Waals surface area contributed by atoms with Crippen LogP contribution in [0.3, 0.4) is 0 Å². The summed E-state index contributed by atoms with van der Waals surface area (Å²) >= 11 is 3.27. The van der Waals surface area contributed by atoms with Gasteiger partial charge in [-0.25, -0.2) is 9.97 Å². The van der Waals surface area contributed by atoms with E-state index in [2.05, 4.69) is 25.9 Å². The number of carbonyl (C=O) groups excluding carboxylic acids is 1. The Balaban J connectivity index is 2.26. The van der Waals surface area contributed by atoms with Crippen LogP contribution in [0.2, 0.25) is 0 Å². The Morgan fingerprint density at radius 1 is 1.60 bits per heavy atom. The monoisotopic (exact) mass is 270 g/mol. The molecule has 1 aliphatic rings. The van der Waals surface area contributed by atoms with Crippen LogP contribution in [0.25, 0.3) is 0 Å². The molecule has 6 heteroatoms. The Kier molecular flexibility index (Phi) is 2.86. The average molecular weight is 271 g/mol. The zero-order valence-corrected chi connectivity index (χ0v) is 9.64. The number of nitrogens with zero attached hydrogens (tertiary/aromatic N) is 3. The first-order valence-electron chi connectivity index (χ1n) is 4.72. The molecule has 2 rings (SSSR count). The number of nitrogens with two attached hydrogens (primary N) is 1. The summed E-state index contributed by atoms with van der Waals surface area (Å²) in [6.07, 6.45) is 3.24. The van der Waals surface area contributed by atoms with Gasteiger partial charge in [-0.15, -0.1) is 0 Å². The molecule has 2 N–H and O–H groups in total. The Hall–Kier alpha value is -1.17. The van der Waals surface area contributed by atoms with Crippen LogP contribution in [-0.2, 0) is 4.79 Å². The van der Waals surface area contributed by atoms with Gasteiger partial charge in [0.2, 0.25) is 5.91 Å². The van der Waals surface area contributed by atoms with Crippen LogP contribution in [0.4, 0.5) is 5.82 Å². The van der Waals surface area contributed by atoms with E-state index < -0.39 is 0 Å². The molecule has 0 spiro atoms. The summed E-state index contributed by atoms with van der Waals surface area (Å²) in [7, 11) is 0. The summed E-state index contributed by atoms with van der Waals surface area (Å²) in [4.78, 5) is 21.2. The number of rotatable bonds is 2. The molecule has 1 amide bonds. The number of hydrogen-bond donors (Lipinski definition) is 1. The zero-order chi connectivity index (χ0) is 10.8. The van der Waals surface area contributed by atoms with E-state index in [0.717, 1.165) is 25.2 Å². The van der Waals surface area contributed by atoms with Gasteiger partial charge < -0.3 is 10.6 Å². The Labute approximate surface area is 95.8 Å². The van der Waals surface area contributed by atoms with Crippen molar-refractivity contribution < 1.29 is 4.79 Å². The lowest BCUT2D eigenvalue weighted by molar-refractivity contribution is -0.119. The van der Waals surface area contributed by atoms with E-state index in [1.807, 2.05) is 4.90 Å². The fourth-order valence-electron chi connectivity index (χ4n) is 1.82. The van der Waals surface area contributed by atoms with E-state index in [0.29, 0.717) is 4.60 Å². The topological polar surface area (TPSA) is 72.1 Å². The molecule has 2 heterocycles. The van der Waals surface area contributed by atoms with Crippen LogP contribution >= 0.6 is 15.9 Å². The summed E-state index contributed by atoms with van der Waals surface area (Å²) in [5.41, 5.74) is 5.33. The standard InChI is InChI=1S/C9H11BrN4O/c10-7-4-8(13-5-12-7)14-3-1-2-6(14)9(11)15/h4-6H,1-3H2,(H2,11,15). The highest BCUT2D eigenvalue weighted by atomic mass is 79.9. The maximum Gasteiger partial charge on any atom is 0.240 e. The highest BCUT2D eigenvalue weighted by Gasteiger charge is 2.29. The Morgan fingerprint density at radius 2 is 2.40 bits per heavy atom. The molecule has 1 aromatic heterocycles. The summed E-state index contributed by atoms with van der Waals surface area (Å²) < 4.78 is 0.711. The predicted octanol–water partition coefficient (Wildman–Crippen LogP) is 0.693. The average Bonchev–Trinajstić information content (AvgIpc) is 2.65. The molecule has 15 heavy (non-hydrogen) atoms. The first kappa shape index (κ1) is 10.4. The maximum atomic E-state index is 11.2. The lowest BCUT2D eigenvalue weighted by Gasteiger charge is -2.22. The lowest BCUT2D eigenvalue weighted by atomic mass is 10.2. The molecule has 1 unspecified atom stereocenters. The molecule has 0 saturated carbocycles. The van der Waals surface area contributed by atoms with Crippen molar-refractivity contribution in [3.8, 4) is 0 Å². The summed E-state index contributed by atoms with van der Waals surface area (Å²) in [5, 5.41) is 0. The Morgan fingerprint density at radius 3 is 3.07 bits per heavy atom. The van der Waals surface area contributed by atoms with Gasteiger partial charge in [0.05, 0.1) is 0 Å². The minimum Gasteiger partial charge on any atom is -0.368 e. The number of carbonyl (C=O) groups is 1. The third kappa shape index (κ3) is 2.09. The zero-order valence-electron chi connectivity index (χ0n) is 8.06. The second-order valence-corrected chi connectivity index (χ2v) is 4.27. The number of aromatic nitrogens is 2. The molecule has 1 aliphatic heterocycles. The first-order chi connectivity index (χ1) is 7.18. The predicted molar refractivity (Wildman–Crippen MR) is 59.3 cm³/mol. The SMILES string of the molecule is NC(=O)C1CCCN1c1cc(Br)ncn1. The van der Waals surface area contributed by atoms with E-state index in [4.69, 9.17) is 5.73 Å². The van der Waals surface area contributed by atoms with Crippen molar-refractivity contribution in [1.82, 2.24) is 9.97 Å². The summed E-state index contributed by atoms with van der Waals surface area (Å²) in [6.45, 7) is 0.817. The van der Waals surface area contributed by atoms with Gasteiger partial charge >= 0.3 is 0 Å². The van der Waals surface area contributed by atoms with Crippen LogP contribution in [0, 0.1) is 0 Å². The van der Waals surface area contributed by atoms with E-state index in [-0.39, 0.29) is 11.9 Å². The molecule has 0 radical (unpaired) electrons. The lowest BCUT2D eigenvalue weighted by Crippen LogP contribution is -2.40. The fraction of sp³-hybridized carbons (Fsp3) is 0.444. The van der Waals surface area contributed by atoms with Crippen molar-refractivity contribution in [2.75, 3.05) is 11.4 Å². The summed E-state index contributed by atoms with van der Waals surface area (Å²) in [5.74, 6) is 0.459. The normalized spacial score (nSPS) is 20.6. The number of anilines is 1. The number of hydrogen-bond acceptors (Lipinski definition) is 4. The van der Waals surface area contributed by atoms with E-state index >= 15 is 0 Å². The first-order valence-corrected chi connectivity index (χ1v) is 5.51. The Bertz CT molecular complexity index is 384. The van der Waals surface area contributed by atoms with Crippen LogP contribution in [0.1, 0.15) is 12.8 Å². The van der Waals surface area contributed by atoms with Gasteiger partial charge in [-0.2, -0.15) is 0 Å². The molecule has 1 fully saturated rings. The van der Waals surface area contributed by atoms with Gasteiger partial charge in [-0.1, -0.05) is 0 Å². The molecule has 0 aliphatic carbocycles. The molecule has 1 atom stereocenters. The van der Waals surface area contributed by atoms with Crippen molar-refractivity contribution >= 4 is 27.7 Å². The van der Waals surface area contributed by atoms with Crippen molar-refractivity contribution in [2.24, 2.45) is 5.73 Å². The molecule has 1 aromatic rings. The minimum atomic E-state index is -0.290. The largest absolute Gasteiger partial charge is 0.368 e. The highest BCUT2D eigenvalue weighted by Crippen LogP contribution is 2.24. The second kappa shape index (κ2) is 4.14. The van der Waals surface area contributed by atoms with Gasteiger partial charge in [-0.05, 0) is 28.8 Å². The molecular formula is C9H11BrN4O. The van der Waals surface area contributed by atoms with Gasteiger partial charge in [0, 0.05) is 12.6 Å². The number of primary amides is 1. The number of halogens is 1. The van der Waals surface area contributed by atoms with Gasteiger partial charge in [0.15, 0.2) is 0 Å². The molecule has 80 valence electrons. The van der Waals surface area contributed by atoms with Crippen molar-refractivity contribution in [1.29, 1.82) is 0 Å². The van der Waals surface area contributed by atoms with Crippen LogP contribution in [-0.4, -0.2) is 28.5 Å². The summed E-state index contributed by atoms with van der Waals surface area (Å²) in [6, 6.07) is 1.56. The molecule has 0 bridgehead atoms. The van der Waals surface area contributed by atoms with Crippen LogP contribution < -0.4 is 10.6 Å². The molecule has 1 saturated heterocycles. The number of amides is 1. The molecular weight excluding hydrogens is 260 g/mol. The van der Waals surface area contributed by atoms with Crippen LogP contribution in [0.5, 0.6) is 0 Å². The second-order valence-electron chi connectivity index (χ2n) is 3.45. The van der Waals surface area contributed by atoms with Gasteiger partial charge in [0.1, 0.15) is 22.8 Å². The van der Waals surface area contributed by atoms with E-state index in [1.165, 1.54) is 6.33 Å². The van der Waals surface area contributed by atoms with Crippen molar-refractivity contribution in [3.05, 3.63) is 17.0 Å². The third-order valence-corrected chi connectivity index (χ3v) is 2.93. The minimum absolute atomic E-state index is 0.230. The highest BCUT2D eigenvalue weighted by molar-refractivity contribution is 9.10. The molecule has 0 aromatic carbocycles. The molecule has 5 nitrogen and oxygen atoms in total. The smallest absolute Gasteiger partial charge is 0.240 e. The van der Waals surface area contributed by atoms with Gasteiger partial charge in [0.25, 0.3) is 0 Å². The van der Waals surface area contributed by atoms with Crippen LogP contribution in [0.15, 0.2) is 17.0 Å². The van der Waals surface area contributed by atoms with E-state index in [1.54, 1.807) is 6.07 Å². The van der Waals surface area contributed by atoms with Crippen molar-refractivity contribution in [3.63, 3.8) is 0 Å². The maximum absolute atomic E-state index is 11.2. The fourth-order valence-corrected chi connectivity index (χ4v) is 2.11. The van der Waals surface area contributed by atoms with E-state index in [9.17, 15) is 4.79 Å². The van der Waals surface area contributed by atoms with Gasteiger partial charge in [-0.3, -0.25) is 4.79 Å². The quantitative estimate of drug-likeness (QED) is 0.803. The third-order valence-electron chi connectivity index (χ3n) is 2.49.